The molecule has 0 aromatic heterocycles. The molecular weight excluding hydrogens is 712 g/mol. The van der Waals surface area contributed by atoms with Crippen molar-refractivity contribution in [3.8, 4) is 11.5 Å². The van der Waals surface area contributed by atoms with Crippen LogP contribution in [0, 0.1) is 0 Å². The quantitative estimate of drug-likeness (QED) is 0.0373. The van der Waals surface area contributed by atoms with Crippen molar-refractivity contribution < 1.29 is 42.9 Å². The molecule has 11 heteroatoms. The first-order chi connectivity index (χ1) is 27.0. The standard InChI is InChI=1S/C45H64N2O9/c1-7-9-11-13-15-17-19-21-35-23-25-37(39(31-35)55-41(48)33(3)4)43(50)53-29-27-46-45(52)47-28-30-54-44(51)38-26-24-36(22-20-18-16-14-12-10-8-2)32-40(38)56-42(49)34(5)6/h23-26,31-32H,3,5,7-22,27-30H2,1-2,4,6H3,(H2,46,47,52). The maximum absolute atomic E-state index is 12.9. The van der Waals surface area contributed by atoms with E-state index >= 15 is 0 Å². The van der Waals surface area contributed by atoms with Gasteiger partial charge in [-0.05, 0) is 74.9 Å². The molecule has 0 saturated carbocycles. The molecule has 0 saturated heterocycles. The Labute approximate surface area is 334 Å². The molecule has 0 fully saturated rings. The number of urea groups is 1. The van der Waals surface area contributed by atoms with Crippen LogP contribution in [0.1, 0.15) is 149 Å². The Morgan fingerprint density at radius 2 is 0.893 bits per heavy atom. The number of ether oxygens (including phenoxy) is 4. The molecule has 0 heterocycles. The van der Waals surface area contributed by atoms with Crippen LogP contribution in [0.3, 0.4) is 0 Å². The van der Waals surface area contributed by atoms with E-state index in [2.05, 4.69) is 37.6 Å². The second-order valence-electron chi connectivity index (χ2n) is 14.2. The van der Waals surface area contributed by atoms with Gasteiger partial charge in [-0.3, -0.25) is 0 Å². The molecule has 2 rings (SSSR count). The Morgan fingerprint density at radius 3 is 1.25 bits per heavy atom. The number of unbranched alkanes of at least 4 members (excludes halogenated alkanes) is 12. The average Bonchev–Trinajstić information content (AvgIpc) is 3.17. The number of nitrogens with one attached hydrogen (secondary N) is 2. The number of aryl methyl sites for hydroxylation is 2. The van der Waals surface area contributed by atoms with Crippen molar-refractivity contribution in [1.29, 1.82) is 0 Å². The summed E-state index contributed by atoms with van der Waals surface area (Å²) in [4.78, 5) is 62.9. The van der Waals surface area contributed by atoms with Gasteiger partial charge in [0.2, 0.25) is 0 Å². The van der Waals surface area contributed by atoms with Crippen LogP contribution in [0.2, 0.25) is 0 Å². The van der Waals surface area contributed by atoms with Crippen molar-refractivity contribution in [2.45, 2.75) is 130 Å². The number of rotatable bonds is 28. The number of hydrogen-bond donors (Lipinski definition) is 2. The summed E-state index contributed by atoms with van der Waals surface area (Å²) in [5, 5.41) is 5.15. The highest BCUT2D eigenvalue weighted by Crippen LogP contribution is 2.26. The molecule has 0 aliphatic heterocycles. The molecule has 0 radical (unpaired) electrons. The van der Waals surface area contributed by atoms with Gasteiger partial charge in [0.1, 0.15) is 35.8 Å². The fourth-order valence-corrected chi connectivity index (χ4v) is 5.73. The summed E-state index contributed by atoms with van der Waals surface area (Å²) >= 11 is 0. The minimum Gasteiger partial charge on any atom is -0.460 e. The van der Waals surface area contributed by atoms with Gasteiger partial charge >= 0.3 is 29.9 Å². The van der Waals surface area contributed by atoms with Crippen molar-refractivity contribution in [1.82, 2.24) is 10.6 Å². The molecule has 0 bridgehead atoms. The van der Waals surface area contributed by atoms with Crippen LogP contribution < -0.4 is 20.1 Å². The summed E-state index contributed by atoms with van der Waals surface area (Å²) in [6.45, 7) is 14.4. The number of benzene rings is 2. The van der Waals surface area contributed by atoms with Gasteiger partial charge in [0.05, 0.1) is 13.1 Å². The van der Waals surface area contributed by atoms with E-state index in [9.17, 15) is 24.0 Å². The van der Waals surface area contributed by atoms with Crippen molar-refractivity contribution >= 4 is 29.9 Å². The fraction of sp³-hybridized carbons (Fsp3) is 0.533. The van der Waals surface area contributed by atoms with E-state index in [-0.39, 0.29) is 60.1 Å². The third-order valence-corrected chi connectivity index (χ3v) is 9.01. The summed E-state index contributed by atoms with van der Waals surface area (Å²) in [5.41, 5.74) is 2.47. The second-order valence-corrected chi connectivity index (χ2v) is 14.2. The van der Waals surface area contributed by atoms with Crippen LogP contribution in [0.4, 0.5) is 4.79 Å². The van der Waals surface area contributed by atoms with Crippen LogP contribution in [-0.2, 0) is 31.9 Å². The smallest absolute Gasteiger partial charge is 0.342 e. The molecule has 11 nitrogen and oxygen atoms in total. The molecule has 0 aliphatic carbocycles. The molecule has 0 spiro atoms. The molecule has 0 unspecified atom stereocenters. The summed E-state index contributed by atoms with van der Waals surface area (Å²) in [7, 11) is 0. The van der Waals surface area contributed by atoms with Gasteiger partial charge in [0, 0.05) is 11.1 Å². The fourth-order valence-electron chi connectivity index (χ4n) is 5.73. The first-order valence-corrected chi connectivity index (χ1v) is 20.3. The Hall–Kier alpha value is -4.93. The molecule has 0 atom stereocenters. The van der Waals surface area contributed by atoms with Gasteiger partial charge in [-0.25, -0.2) is 24.0 Å². The van der Waals surface area contributed by atoms with Crippen LogP contribution in [-0.4, -0.2) is 56.2 Å². The minimum absolute atomic E-state index is 0.00274. The van der Waals surface area contributed by atoms with Gasteiger partial charge < -0.3 is 29.6 Å². The van der Waals surface area contributed by atoms with Crippen LogP contribution in [0.5, 0.6) is 11.5 Å². The molecule has 2 N–H and O–H groups in total. The van der Waals surface area contributed by atoms with E-state index in [1.807, 2.05) is 12.1 Å². The molecule has 2 aromatic rings. The van der Waals surface area contributed by atoms with E-state index in [4.69, 9.17) is 18.9 Å². The Bertz CT molecular complexity index is 1480. The second kappa shape index (κ2) is 27.6. The lowest BCUT2D eigenvalue weighted by atomic mass is 10.0. The van der Waals surface area contributed by atoms with E-state index < -0.39 is 29.9 Å². The van der Waals surface area contributed by atoms with Gasteiger partial charge in [0.25, 0.3) is 0 Å². The van der Waals surface area contributed by atoms with Crippen molar-refractivity contribution in [3.05, 3.63) is 83.0 Å². The Balaban J connectivity index is 1.82. The van der Waals surface area contributed by atoms with Crippen LogP contribution in [0.25, 0.3) is 0 Å². The third kappa shape index (κ3) is 19.1. The number of hydrogen-bond acceptors (Lipinski definition) is 9. The normalized spacial score (nSPS) is 10.6. The zero-order chi connectivity index (χ0) is 41.1. The predicted octanol–water partition coefficient (Wildman–Crippen LogP) is 9.55. The number of amides is 2. The van der Waals surface area contributed by atoms with Crippen molar-refractivity contribution in [3.63, 3.8) is 0 Å². The zero-order valence-electron chi connectivity index (χ0n) is 34.2. The van der Waals surface area contributed by atoms with E-state index in [0.717, 1.165) is 49.7 Å². The summed E-state index contributed by atoms with van der Waals surface area (Å²) in [6, 6.07) is 9.64. The number of carbonyl (C=O) groups excluding carboxylic acids is 5. The highest BCUT2D eigenvalue weighted by Gasteiger charge is 2.20. The summed E-state index contributed by atoms with van der Waals surface area (Å²) in [6.07, 6.45) is 18.0. The SMILES string of the molecule is C=C(C)C(=O)Oc1cc(CCCCCCCCC)ccc1C(=O)OCCNC(=O)NCCOC(=O)c1ccc(CCCCCCCCC)cc1OC(=O)C(=C)C. The molecular formula is C45H64N2O9. The topological polar surface area (TPSA) is 146 Å². The van der Waals surface area contributed by atoms with Crippen LogP contribution >= 0.6 is 0 Å². The van der Waals surface area contributed by atoms with Gasteiger partial charge in [-0.2, -0.15) is 0 Å². The van der Waals surface area contributed by atoms with Gasteiger partial charge in [-0.15, -0.1) is 0 Å². The zero-order valence-corrected chi connectivity index (χ0v) is 34.2. The van der Waals surface area contributed by atoms with Gasteiger partial charge in [-0.1, -0.05) is 116 Å². The minimum atomic E-state index is -0.703. The predicted molar refractivity (Wildman–Crippen MR) is 219 cm³/mol. The van der Waals surface area contributed by atoms with E-state index in [1.54, 1.807) is 24.3 Å². The number of carbonyl (C=O) groups is 5. The summed E-state index contributed by atoms with van der Waals surface area (Å²) in [5.74, 6) is -2.49. The lowest BCUT2D eigenvalue weighted by Gasteiger charge is -2.13. The van der Waals surface area contributed by atoms with Gasteiger partial charge in [0.15, 0.2) is 0 Å². The molecule has 308 valence electrons. The Morgan fingerprint density at radius 1 is 0.536 bits per heavy atom. The largest absolute Gasteiger partial charge is 0.460 e. The monoisotopic (exact) mass is 776 g/mol. The van der Waals surface area contributed by atoms with E-state index in [1.165, 1.54) is 78.1 Å². The lowest BCUT2D eigenvalue weighted by molar-refractivity contribution is -0.131. The maximum atomic E-state index is 12.9. The van der Waals surface area contributed by atoms with Crippen LogP contribution in [0.15, 0.2) is 60.7 Å². The highest BCUT2D eigenvalue weighted by atomic mass is 16.6. The molecule has 0 aliphatic rings. The van der Waals surface area contributed by atoms with E-state index in [0.29, 0.717) is 0 Å². The first-order valence-electron chi connectivity index (χ1n) is 20.3. The van der Waals surface area contributed by atoms with Crippen molar-refractivity contribution in [2.24, 2.45) is 0 Å². The average molecular weight is 777 g/mol. The molecule has 56 heavy (non-hydrogen) atoms. The first kappa shape index (κ1) is 47.2. The highest BCUT2D eigenvalue weighted by molar-refractivity contribution is 5.96. The lowest BCUT2D eigenvalue weighted by Crippen LogP contribution is -2.39. The summed E-state index contributed by atoms with van der Waals surface area (Å²) < 4.78 is 21.7. The third-order valence-electron chi connectivity index (χ3n) is 9.01. The molecule has 2 amide bonds. The Kier molecular flexibility index (Phi) is 23.3. The maximum Gasteiger partial charge on any atom is 0.342 e. The number of esters is 4. The molecule has 2 aromatic carbocycles. The van der Waals surface area contributed by atoms with Crippen molar-refractivity contribution in [2.75, 3.05) is 26.3 Å².